The van der Waals surface area contributed by atoms with Gasteiger partial charge in [-0.05, 0) is 61.7 Å². The number of aliphatic hydroxyl groups excluding tert-OH is 1. The molecule has 0 radical (unpaired) electrons. The first-order chi connectivity index (χ1) is 14.0. The monoisotopic (exact) mass is 401 g/mol. The Morgan fingerprint density at radius 2 is 2.10 bits per heavy atom. The van der Waals surface area contributed by atoms with E-state index in [4.69, 9.17) is 9.47 Å². The van der Waals surface area contributed by atoms with Gasteiger partial charge in [-0.2, -0.15) is 0 Å². The standard InChI is InChI=1S/C23H28FNO4/c1-17(26)19-7-9-22(10-8-19)29-16-21(27)14-25(15-23-6-3-11-28-23)13-18-4-2-5-20(24)12-18/h2,4-5,7-10,12,21,23,27H,3,6,11,13-16H2,1H3. The highest BCUT2D eigenvalue weighted by molar-refractivity contribution is 5.94. The molecule has 0 aliphatic carbocycles. The second kappa shape index (κ2) is 10.5. The molecule has 1 aliphatic heterocycles. The lowest BCUT2D eigenvalue weighted by Crippen LogP contribution is -2.39. The number of carbonyl (C=O) groups excluding carboxylic acids is 1. The van der Waals surface area contributed by atoms with Gasteiger partial charge in [-0.15, -0.1) is 0 Å². The number of ketones is 1. The number of nitrogens with zero attached hydrogens (tertiary/aromatic N) is 1. The number of rotatable bonds is 10. The van der Waals surface area contributed by atoms with Gasteiger partial charge in [-0.3, -0.25) is 9.69 Å². The number of Topliss-reactive ketones (excluding diaryl/α,β-unsaturated/α-hetero) is 1. The van der Waals surface area contributed by atoms with Crippen LogP contribution in [0.5, 0.6) is 5.75 Å². The summed E-state index contributed by atoms with van der Waals surface area (Å²) in [6.45, 7) is 4.01. The molecule has 0 bridgehead atoms. The fraction of sp³-hybridized carbons (Fsp3) is 0.435. The van der Waals surface area contributed by atoms with E-state index in [2.05, 4.69) is 4.90 Å². The molecule has 1 heterocycles. The van der Waals surface area contributed by atoms with Crippen LogP contribution in [0, 0.1) is 5.82 Å². The van der Waals surface area contributed by atoms with Gasteiger partial charge >= 0.3 is 0 Å². The van der Waals surface area contributed by atoms with Crippen LogP contribution in [-0.2, 0) is 11.3 Å². The highest BCUT2D eigenvalue weighted by Crippen LogP contribution is 2.17. The maximum Gasteiger partial charge on any atom is 0.159 e. The van der Waals surface area contributed by atoms with Crippen LogP contribution in [0.1, 0.15) is 35.7 Å². The molecule has 2 aromatic rings. The first kappa shape index (κ1) is 21.4. The van der Waals surface area contributed by atoms with Crippen LogP contribution in [-0.4, -0.2) is 54.3 Å². The zero-order chi connectivity index (χ0) is 20.6. The van der Waals surface area contributed by atoms with E-state index >= 15 is 0 Å². The van der Waals surface area contributed by atoms with Crippen LogP contribution in [0.2, 0.25) is 0 Å². The molecule has 2 aromatic carbocycles. The van der Waals surface area contributed by atoms with Gasteiger partial charge in [0, 0.05) is 31.8 Å². The van der Waals surface area contributed by atoms with E-state index in [9.17, 15) is 14.3 Å². The van der Waals surface area contributed by atoms with E-state index in [0.717, 1.165) is 25.0 Å². The number of aliphatic hydroxyl groups is 1. The Hall–Kier alpha value is -2.28. The largest absolute Gasteiger partial charge is 0.491 e. The summed E-state index contributed by atoms with van der Waals surface area (Å²) in [4.78, 5) is 13.4. The molecule has 0 amide bonds. The molecule has 1 saturated heterocycles. The van der Waals surface area contributed by atoms with Gasteiger partial charge in [0.2, 0.25) is 0 Å². The first-order valence-electron chi connectivity index (χ1n) is 10.00. The first-order valence-corrected chi connectivity index (χ1v) is 10.00. The summed E-state index contributed by atoms with van der Waals surface area (Å²) in [5.74, 6) is 0.334. The molecule has 1 N–H and O–H groups in total. The molecule has 0 aromatic heterocycles. The van der Waals surface area contributed by atoms with Gasteiger partial charge in [-0.25, -0.2) is 4.39 Å². The van der Waals surface area contributed by atoms with Gasteiger partial charge in [0.15, 0.2) is 5.78 Å². The number of carbonyl (C=O) groups is 1. The van der Waals surface area contributed by atoms with E-state index in [1.165, 1.54) is 19.1 Å². The lowest BCUT2D eigenvalue weighted by molar-refractivity contribution is 0.0313. The number of hydrogen-bond donors (Lipinski definition) is 1. The number of hydrogen-bond acceptors (Lipinski definition) is 5. The van der Waals surface area contributed by atoms with Crippen molar-refractivity contribution in [2.24, 2.45) is 0 Å². The molecular weight excluding hydrogens is 373 g/mol. The second-order valence-corrected chi connectivity index (χ2v) is 7.50. The van der Waals surface area contributed by atoms with Crippen molar-refractivity contribution in [3.05, 3.63) is 65.5 Å². The summed E-state index contributed by atoms with van der Waals surface area (Å²) >= 11 is 0. The molecule has 1 aliphatic rings. The van der Waals surface area contributed by atoms with Crippen molar-refractivity contribution >= 4 is 5.78 Å². The summed E-state index contributed by atoms with van der Waals surface area (Å²) in [6, 6.07) is 13.4. The Bertz CT molecular complexity index is 790. The quantitative estimate of drug-likeness (QED) is 0.618. The molecule has 3 rings (SSSR count). The third-order valence-corrected chi connectivity index (χ3v) is 4.95. The van der Waals surface area contributed by atoms with E-state index in [-0.39, 0.29) is 24.3 Å². The normalized spacial score (nSPS) is 17.4. The summed E-state index contributed by atoms with van der Waals surface area (Å²) in [6.07, 6.45) is 1.46. The summed E-state index contributed by atoms with van der Waals surface area (Å²) in [5.41, 5.74) is 1.48. The third kappa shape index (κ3) is 6.92. The van der Waals surface area contributed by atoms with Gasteiger partial charge < -0.3 is 14.6 Å². The minimum Gasteiger partial charge on any atom is -0.491 e. The van der Waals surface area contributed by atoms with Crippen molar-refractivity contribution in [3.8, 4) is 5.75 Å². The second-order valence-electron chi connectivity index (χ2n) is 7.50. The number of benzene rings is 2. The van der Waals surface area contributed by atoms with Crippen molar-refractivity contribution in [1.82, 2.24) is 4.90 Å². The minimum absolute atomic E-state index is 0.00120. The van der Waals surface area contributed by atoms with Gasteiger partial charge in [0.1, 0.15) is 24.3 Å². The minimum atomic E-state index is -0.711. The van der Waals surface area contributed by atoms with Gasteiger partial charge in [-0.1, -0.05) is 12.1 Å². The van der Waals surface area contributed by atoms with Crippen LogP contribution in [0.25, 0.3) is 0 Å². The maximum absolute atomic E-state index is 13.5. The summed E-state index contributed by atoms with van der Waals surface area (Å²) in [5, 5.41) is 10.5. The Morgan fingerprint density at radius 3 is 2.76 bits per heavy atom. The summed E-state index contributed by atoms with van der Waals surface area (Å²) in [7, 11) is 0. The van der Waals surface area contributed by atoms with Crippen molar-refractivity contribution < 1.29 is 23.8 Å². The average molecular weight is 401 g/mol. The SMILES string of the molecule is CC(=O)c1ccc(OCC(O)CN(Cc2cccc(F)c2)CC2CCCO2)cc1. The van der Waals surface area contributed by atoms with Crippen LogP contribution in [0.3, 0.4) is 0 Å². The molecule has 0 spiro atoms. The molecule has 6 heteroatoms. The van der Waals surface area contributed by atoms with E-state index in [1.807, 2.05) is 6.07 Å². The zero-order valence-electron chi connectivity index (χ0n) is 16.7. The molecule has 29 heavy (non-hydrogen) atoms. The van der Waals surface area contributed by atoms with E-state index in [1.54, 1.807) is 30.3 Å². The number of halogens is 1. The fourth-order valence-corrected chi connectivity index (χ4v) is 3.50. The van der Waals surface area contributed by atoms with Crippen molar-refractivity contribution in [2.75, 3.05) is 26.3 Å². The highest BCUT2D eigenvalue weighted by atomic mass is 19.1. The van der Waals surface area contributed by atoms with Crippen LogP contribution in [0.15, 0.2) is 48.5 Å². The Morgan fingerprint density at radius 1 is 1.31 bits per heavy atom. The molecule has 2 atom stereocenters. The van der Waals surface area contributed by atoms with Crippen molar-refractivity contribution in [3.63, 3.8) is 0 Å². The molecule has 5 nitrogen and oxygen atoms in total. The molecule has 156 valence electrons. The van der Waals surface area contributed by atoms with Gasteiger partial charge in [0.25, 0.3) is 0 Å². The molecule has 1 fully saturated rings. The lowest BCUT2D eigenvalue weighted by atomic mass is 10.1. The predicted octanol–water partition coefficient (Wildman–Crippen LogP) is 3.45. The topological polar surface area (TPSA) is 59.0 Å². The molecular formula is C23H28FNO4. The van der Waals surface area contributed by atoms with Gasteiger partial charge in [0.05, 0.1) is 6.10 Å². The van der Waals surface area contributed by atoms with E-state index in [0.29, 0.717) is 30.9 Å². The Labute approximate surface area is 171 Å². The third-order valence-electron chi connectivity index (χ3n) is 4.95. The smallest absolute Gasteiger partial charge is 0.159 e. The van der Waals surface area contributed by atoms with E-state index < -0.39 is 6.10 Å². The van der Waals surface area contributed by atoms with Crippen LogP contribution in [0.4, 0.5) is 4.39 Å². The predicted molar refractivity (Wildman–Crippen MR) is 109 cm³/mol. The van der Waals surface area contributed by atoms with Crippen molar-refractivity contribution in [1.29, 1.82) is 0 Å². The maximum atomic E-state index is 13.5. The average Bonchev–Trinajstić information content (AvgIpc) is 3.19. The molecule has 2 unspecified atom stereocenters. The highest BCUT2D eigenvalue weighted by Gasteiger charge is 2.21. The fourth-order valence-electron chi connectivity index (χ4n) is 3.50. The van der Waals surface area contributed by atoms with Crippen molar-refractivity contribution in [2.45, 2.75) is 38.5 Å². The van der Waals surface area contributed by atoms with Crippen LogP contribution >= 0.6 is 0 Å². The number of ether oxygens (including phenoxy) is 2. The Balaban J connectivity index is 1.55. The van der Waals surface area contributed by atoms with Crippen LogP contribution < -0.4 is 4.74 Å². The molecule has 0 saturated carbocycles. The Kier molecular flexibility index (Phi) is 7.75. The lowest BCUT2D eigenvalue weighted by Gasteiger charge is -2.27. The summed E-state index contributed by atoms with van der Waals surface area (Å²) < 4.78 is 24.9. The zero-order valence-corrected chi connectivity index (χ0v) is 16.7.